The molecule has 1 aromatic rings. The third-order valence-electron chi connectivity index (χ3n) is 3.45. The van der Waals surface area contributed by atoms with Gasteiger partial charge in [-0.2, -0.15) is 0 Å². The molecule has 3 nitrogen and oxygen atoms in total. The lowest BCUT2D eigenvalue weighted by Gasteiger charge is -2.34. The van der Waals surface area contributed by atoms with Gasteiger partial charge < -0.3 is 15.3 Å². The number of anilines is 1. The van der Waals surface area contributed by atoms with Crippen LogP contribution in [-0.4, -0.2) is 31.3 Å². The van der Waals surface area contributed by atoms with E-state index >= 15 is 0 Å². The van der Waals surface area contributed by atoms with Gasteiger partial charge in [-0.05, 0) is 37.6 Å². The zero-order chi connectivity index (χ0) is 14.3. The first-order valence-electron chi connectivity index (χ1n) is 6.98. The van der Waals surface area contributed by atoms with Crippen LogP contribution in [0.2, 0.25) is 0 Å². The van der Waals surface area contributed by atoms with Gasteiger partial charge in [0.15, 0.2) is 0 Å². The smallest absolute Gasteiger partial charge is 0.0606 e. The molecule has 0 spiro atoms. The average molecular weight is 329 g/mol. The number of hydrogen-bond donors (Lipinski definition) is 2. The maximum atomic E-state index is 9.36. The van der Waals surface area contributed by atoms with E-state index < -0.39 is 0 Å². The van der Waals surface area contributed by atoms with Gasteiger partial charge in [-0.25, -0.2) is 0 Å². The van der Waals surface area contributed by atoms with Crippen molar-refractivity contribution >= 4 is 21.6 Å². The Morgan fingerprint density at radius 3 is 2.53 bits per heavy atom. The number of halogens is 1. The molecule has 1 aromatic carbocycles. The van der Waals surface area contributed by atoms with Crippen molar-refractivity contribution < 1.29 is 5.11 Å². The van der Waals surface area contributed by atoms with Crippen molar-refractivity contribution in [3.8, 4) is 0 Å². The van der Waals surface area contributed by atoms with E-state index in [4.69, 9.17) is 0 Å². The van der Waals surface area contributed by atoms with E-state index in [0.717, 1.165) is 23.9 Å². The van der Waals surface area contributed by atoms with Crippen LogP contribution in [0.15, 0.2) is 22.7 Å². The summed E-state index contributed by atoms with van der Waals surface area (Å²) in [5.41, 5.74) is 2.48. The summed E-state index contributed by atoms with van der Waals surface area (Å²) in [6.07, 6.45) is 2.17. The maximum Gasteiger partial charge on any atom is 0.0606 e. The first-order valence-corrected chi connectivity index (χ1v) is 7.77. The summed E-state index contributed by atoms with van der Waals surface area (Å²) < 4.78 is 1.08. The second-order valence-electron chi connectivity index (χ2n) is 4.69. The van der Waals surface area contributed by atoms with E-state index in [1.165, 1.54) is 11.3 Å². The Bertz CT molecular complexity index is 380. The molecule has 108 valence electrons. The third-order valence-corrected chi connectivity index (χ3v) is 3.94. The van der Waals surface area contributed by atoms with E-state index in [2.05, 4.69) is 58.2 Å². The third kappa shape index (κ3) is 4.48. The fourth-order valence-corrected chi connectivity index (χ4v) is 2.83. The lowest BCUT2D eigenvalue weighted by molar-refractivity contribution is 0.296. The molecule has 0 aliphatic heterocycles. The van der Waals surface area contributed by atoms with Gasteiger partial charge in [-0.15, -0.1) is 0 Å². The normalized spacial score (nSPS) is 11.1. The summed E-state index contributed by atoms with van der Waals surface area (Å²) in [6, 6.07) is 6.83. The zero-order valence-corrected chi connectivity index (χ0v) is 13.7. The Balaban J connectivity index is 3.15. The predicted octanol–water partition coefficient (Wildman–Crippen LogP) is 3.16. The summed E-state index contributed by atoms with van der Waals surface area (Å²) in [4.78, 5) is 2.33. The molecular weight excluding hydrogens is 304 g/mol. The highest BCUT2D eigenvalue weighted by molar-refractivity contribution is 9.10. The van der Waals surface area contributed by atoms with Gasteiger partial charge in [0.2, 0.25) is 0 Å². The number of rotatable bonds is 8. The van der Waals surface area contributed by atoms with Crippen molar-refractivity contribution in [2.45, 2.75) is 39.3 Å². The van der Waals surface area contributed by atoms with Crippen LogP contribution < -0.4 is 10.2 Å². The molecule has 0 saturated carbocycles. The van der Waals surface area contributed by atoms with Crippen LogP contribution >= 0.6 is 15.9 Å². The Hall–Kier alpha value is -0.580. The standard InChI is InChI=1S/C15H25BrN2O/c1-4-14(5-2)18(8-9-19)15-10-13(16)7-6-12(15)11-17-3/h6-7,10,14,17,19H,4-5,8-9,11H2,1-3H3. The molecule has 0 radical (unpaired) electrons. The summed E-state index contributed by atoms with van der Waals surface area (Å²) in [5.74, 6) is 0. The van der Waals surface area contributed by atoms with Crippen LogP contribution in [-0.2, 0) is 6.54 Å². The fraction of sp³-hybridized carbons (Fsp3) is 0.600. The highest BCUT2D eigenvalue weighted by Crippen LogP contribution is 2.28. The summed E-state index contributed by atoms with van der Waals surface area (Å²) >= 11 is 3.55. The van der Waals surface area contributed by atoms with Gasteiger partial charge >= 0.3 is 0 Å². The maximum absolute atomic E-state index is 9.36. The molecule has 0 aliphatic rings. The SMILES string of the molecule is CCC(CC)N(CCO)c1cc(Br)ccc1CNC. The Labute approximate surface area is 125 Å². The molecule has 19 heavy (non-hydrogen) atoms. The van der Waals surface area contributed by atoms with Gasteiger partial charge in [0.25, 0.3) is 0 Å². The second-order valence-corrected chi connectivity index (χ2v) is 5.61. The quantitative estimate of drug-likeness (QED) is 0.769. The molecule has 0 heterocycles. The monoisotopic (exact) mass is 328 g/mol. The van der Waals surface area contributed by atoms with E-state index in [-0.39, 0.29) is 6.61 Å². The highest BCUT2D eigenvalue weighted by Gasteiger charge is 2.18. The molecular formula is C15H25BrN2O. The number of hydrogen-bond acceptors (Lipinski definition) is 3. The van der Waals surface area contributed by atoms with Crippen LogP contribution in [0.25, 0.3) is 0 Å². The number of aliphatic hydroxyl groups is 1. The van der Waals surface area contributed by atoms with Crippen molar-refractivity contribution in [1.29, 1.82) is 0 Å². The van der Waals surface area contributed by atoms with Crippen molar-refractivity contribution in [1.82, 2.24) is 5.32 Å². The van der Waals surface area contributed by atoms with E-state index in [1.54, 1.807) is 0 Å². The number of benzene rings is 1. The molecule has 0 unspecified atom stereocenters. The number of nitrogens with zero attached hydrogens (tertiary/aromatic N) is 1. The topological polar surface area (TPSA) is 35.5 Å². The summed E-state index contributed by atoms with van der Waals surface area (Å²) in [5, 5.41) is 12.6. The van der Waals surface area contributed by atoms with Crippen LogP contribution in [0.1, 0.15) is 32.3 Å². The minimum absolute atomic E-state index is 0.183. The molecule has 0 saturated heterocycles. The summed E-state index contributed by atoms with van der Waals surface area (Å²) in [7, 11) is 1.96. The minimum Gasteiger partial charge on any atom is -0.395 e. The Morgan fingerprint density at radius 2 is 2.00 bits per heavy atom. The second kappa shape index (κ2) is 8.56. The first kappa shape index (κ1) is 16.5. The fourth-order valence-electron chi connectivity index (χ4n) is 2.48. The van der Waals surface area contributed by atoms with Crippen molar-refractivity contribution in [3.05, 3.63) is 28.2 Å². The van der Waals surface area contributed by atoms with Gasteiger partial charge in [-0.1, -0.05) is 35.8 Å². The largest absolute Gasteiger partial charge is 0.395 e. The lowest BCUT2D eigenvalue weighted by Crippen LogP contribution is -2.37. The van der Waals surface area contributed by atoms with Crippen molar-refractivity contribution in [2.75, 3.05) is 25.1 Å². The van der Waals surface area contributed by atoms with E-state index in [1.807, 2.05) is 7.05 Å². The molecule has 0 fully saturated rings. The van der Waals surface area contributed by atoms with Crippen LogP contribution in [0, 0.1) is 0 Å². The van der Waals surface area contributed by atoms with Gasteiger partial charge in [0.05, 0.1) is 6.61 Å². The molecule has 1 rings (SSSR count). The van der Waals surface area contributed by atoms with Gasteiger partial charge in [-0.3, -0.25) is 0 Å². The van der Waals surface area contributed by atoms with E-state index in [9.17, 15) is 5.11 Å². The summed E-state index contributed by atoms with van der Waals surface area (Å²) in [6.45, 7) is 6.11. The van der Waals surface area contributed by atoms with Crippen molar-refractivity contribution in [3.63, 3.8) is 0 Å². The van der Waals surface area contributed by atoms with E-state index in [0.29, 0.717) is 12.6 Å². The Kier molecular flexibility index (Phi) is 7.42. The average Bonchev–Trinajstić information content (AvgIpc) is 2.41. The lowest BCUT2D eigenvalue weighted by atomic mass is 10.1. The van der Waals surface area contributed by atoms with Crippen LogP contribution in [0.5, 0.6) is 0 Å². The van der Waals surface area contributed by atoms with Gasteiger partial charge in [0.1, 0.15) is 0 Å². The molecule has 0 aromatic heterocycles. The highest BCUT2D eigenvalue weighted by atomic mass is 79.9. The number of nitrogens with one attached hydrogen (secondary N) is 1. The molecule has 0 aliphatic carbocycles. The first-order chi connectivity index (χ1) is 9.17. The van der Waals surface area contributed by atoms with Crippen LogP contribution in [0.3, 0.4) is 0 Å². The number of aliphatic hydroxyl groups excluding tert-OH is 1. The molecule has 0 bridgehead atoms. The molecule has 4 heteroatoms. The van der Waals surface area contributed by atoms with Crippen molar-refractivity contribution in [2.24, 2.45) is 0 Å². The van der Waals surface area contributed by atoms with Gasteiger partial charge in [0, 0.05) is 29.3 Å². The zero-order valence-electron chi connectivity index (χ0n) is 12.1. The molecule has 2 N–H and O–H groups in total. The molecule has 0 amide bonds. The predicted molar refractivity (Wildman–Crippen MR) is 85.7 cm³/mol. The van der Waals surface area contributed by atoms with Crippen LogP contribution in [0.4, 0.5) is 5.69 Å². The Morgan fingerprint density at radius 1 is 1.32 bits per heavy atom. The minimum atomic E-state index is 0.183. The molecule has 0 atom stereocenters.